The first-order valence-corrected chi connectivity index (χ1v) is 9.73. The second-order valence-electron chi connectivity index (χ2n) is 7.36. The quantitative estimate of drug-likeness (QED) is 0.512. The van der Waals surface area contributed by atoms with Crippen LogP contribution >= 0.6 is 0 Å². The van der Waals surface area contributed by atoms with Crippen LogP contribution in [0.2, 0.25) is 0 Å². The lowest BCUT2D eigenvalue weighted by Crippen LogP contribution is -2.71. The number of hydrogen-bond acceptors (Lipinski definition) is 5. The lowest BCUT2D eigenvalue weighted by Gasteiger charge is -2.46. The van der Waals surface area contributed by atoms with Crippen molar-refractivity contribution in [1.82, 2.24) is 15.1 Å². The molecule has 160 valence electrons. The highest BCUT2D eigenvalue weighted by Gasteiger charge is 2.48. The van der Waals surface area contributed by atoms with Gasteiger partial charge in [0.25, 0.3) is 11.8 Å². The van der Waals surface area contributed by atoms with Crippen LogP contribution in [0.1, 0.15) is 46.4 Å². The third-order valence-electron chi connectivity index (χ3n) is 5.38. The van der Waals surface area contributed by atoms with Gasteiger partial charge in [0.15, 0.2) is 0 Å². The minimum absolute atomic E-state index is 0.00759. The van der Waals surface area contributed by atoms with Gasteiger partial charge in [-0.05, 0) is 31.4 Å². The van der Waals surface area contributed by atoms with Crippen LogP contribution in [0.4, 0.5) is 0 Å². The zero-order valence-corrected chi connectivity index (χ0v) is 16.2. The second kappa shape index (κ2) is 8.93. The number of carboxylic acids is 2. The summed E-state index contributed by atoms with van der Waals surface area (Å²) in [6.45, 7) is 0.675. The molecule has 0 saturated carbocycles. The van der Waals surface area contributed by atoms with Crippen molar-refractivity contribution in [3.63, 3.8) is 0 Å². The highest BCUT2D eigenvalue weighted by molar-refractivity contribution is 6.08. The number of hydrogen-bond donors (Lipinski definition) is 3. The molecule has 1 aromatic carbocycles. The summed E-state index contributed by atoms with van der Waals surface area (Å²) in [4.78, 5) is 62.6. The Morgan fingerprint density at radius 1 is 1.00 bits per heavy atom. The van der Waals surface area contributed by atoms with Crippen LogP contribution in [0.15, 0.2) is 24.3 Å². The Kier molecular flexibility index (Phi) is 6.34. The van der Waals surface area contributed by atoms with Crippen molar-refractivity contribution in [2.45, 2.75) is 37.8 Å². The molecule has 0 spiro atoms. The Bertz CT molecular complexity index is 879. The van der Waals surface area contributed by atoms with Crippen molar-refractivity contribution in [2.75, 3.05) is 19.6 Å². The summed E-state index contributed by atoms with van der Waals surface area (Å²) in [5.74, 6) is -3.80. The van der Waals surface area contributed by atoms with E-state index in [9.17, 15) is 24.0 Å². The van der Waals surface area contributed by atoms with Crippen LogP contribution < -0.4 is 5.32 Å². The van der Waals surface area contributed by atoms with Crippen molar-refractivity contribution in [1.29, 1.82) is 0 Å². The topological polar surface area (TPSA) is 144 Å². The van der Waals surface area contributed by atoms with Gasteiger partial charge in [0.2, 0.25) is 5.91 Å². The van der Waals surface area contributed by atoms with E-state index >= 15 is 0 Å². The molecule has 30 heavy (non-hydrogen) atoms. The zero-order chi connectivity index (χ0) is 21.8. The molecule has 3 rings (SSSR count). The normalized spacial score (nSPS) is 20.6. The van der Waals surface area contributed by atoms with E-state index in [1.54, 1.807) is 23.1 Å². The molecule has 2 fully saturated rings. The molecule has 1 aromatic rings. The van der Waals surface area contributed by atoms with Crippen LogP contribution in [0.3, 0.4) is 0 Å². The fourth-order valence-corrected chi connectivity index (χ4v) is 3.87. The summed E-state index contributed by atoms with van der Waals surface area (Å²) < 4.78 is 0. The van der Waals surface area contributed by atoms with E-state index in [1.807, 2.05) is 0 Å². The summed E-state index contributed by atoms with van der Waals surface area (Å²) in [6, 6.07) is 4.52. The van der Waals surface area contributed by atoms with Crippen LogP contribution in [0, 0.1) is 0 Å². The average Bonchev–Trinajstić information content (AvgIpc) is 3.25. The summed E-state index contributed by atoms with van der Waals surface area (Å²) in [5, 5.41) is 20.4. The van der Waals surface area contributed by atoms with Gasteiger partial charge in [-0.2, -0.15) is 0 Å². The highest BCUT2D eigenvalue weighted by Crippen LogP contribution is 2.25. The fourth-order valence-electron chi connectivity index (χ4n) is 3.87. The largest absolute Gasteiger partial charge is 0.481 e. The van der Waals surface area contributed by atoms with Gasteiger partial charge in [-0.25, -0.2) is 0 Å². The predicted octanol–water partition coefficient (Wildman–Crippen LogP) is 0.181. The summed E-state index contributed by atoms with van der Waals surface area (Å²) >= 11 is 0. The highest BCUT2D eigenvalue weighted by atomic mass is 16.4. The number of β-lactam (4-membered cyclic amide) rings is 1. The van der Waals surface area contributed by atoms with Gasteiger partial charge in [-0.1, -0.05) is 12.1 Å². The van der Waals surface area contributed by atoms with Crippen molar-refractivity contribution in [3.05, 3.63) is 35.4 Å². The number of carbonyl (C=O) groups is 5. The third-order valence-corrected chi connectivity index (χ3v) is 5.38. The number of carboxylic acid groups (broad SMARTS) is 2. The number of carbonyl (C=O) groups excluding carboxylic acids is 3. The summed E-state index contributed by atoms with van der Waals surface area (Å²) in [5.41, 5.74) is 0.351. The number of aliphatic carboxylic acids is 2. The maximum absolute atomic E-state index is 12.9. The number of amides is 3. The fraction of sp³-hybridized carbons (Fsp3) is 0.450. The number of likely N-dealkylation sites (tertiary alicyclic amines) is 2. The first kappa shape index (κ1) is 21.3. The molecule has 10 nitrogen and oxygen atoms in total. The third kappa shape index (κ3) is 4.42. The molecule has 0 aliphatic carbocycles. The standard InChI is InChI=1S/C20H23N3O7/c24-15(25)8-7-14-17(20(30)23(14)11-16(26)27)21-18(28)12-5-1-2-6-13(12)19(29)22-9-3-4-10-22/h1-2,5-6,14,17H,3-4,7-11H2,(H,21,28)(H,24,25)(H,26,27). The minimum atomic E-state index is -1.23. The molecule has 2 unspecified atom stereocenters. The van der Waals surface area contributed by atoms with Crippen molar-refractivity contribution in [3.8, 4) is 0 Å². The lowest BCUT2D eigenvalue weighted by molar-refractivity contribution is -0.159. The maximum atomic E-state index is 12.9. The van der Waals surface area contributed by atoms with E-state index in [0.717, 1.165) is 17.7 Å². The number of rotatable bonds is 8. The average molecular weight is 417 g/mol. The maximum Gasteiger partial charge on any atom is 0.323 e. The molecule has 0 radical (unpaired) electrons. The van der Waals surface area contributed by atoms with E-state index in [4.69, 9.17) is 10.2 Å². The van der Waals surface area contributed by atoms with E-state index in [1.165, 1.54) is 6.07 Å². The molecule has 3 amide bonds. The van der Waals surface area contributed by atoms with E-state index in [-0.39, 0.29) is 29.9 Å². The van der Waals surface area contributed by atoms with Crippen molar-refractivity contribution in [2.24, 2.45) is 0 Å². The number of nitrogens with one attached hydrogen (secondary N) is 1. The molecule has 2 atom stereocenters. The SMILES string of the molecule is O=C(O)CCC1C(NC(=O)c2ccccc2C(=O)N2CCCC2)C(=O)N1CC(=O)O. The van der Waals surface area contributed by atoms with Gasteiger partial charge in [0.05, 0.1) is 17.2 Å². The van der Waals surface area contributed by atoms with Crippen LogP contribution in [-0.4, -0.2) is 81.4 Å². The van der Waals surface area contributed by atoms with Gasteiger partial charge < -0.3 is 25.3 Å². The minimum Gasteiger partial charge on any atom is -0.481 e. The van der Waals surface area contributed by atoms with Gasteiger partial charge in [0, 0.05) is 19.5 Å². The monoisotopic (exact) mass is 417 g/mol. The van der Waals surface area contributed by atoms with Gasteiger partial charge in [0.1, 0.15) is 12.6 Å². The first-order chi connectivity index (χ1) is 14.3. The Morgan fingerprint density at radius 3 is 2.23 bits per heavy atom. The second-order valence-corrected chi connectivity index (χ2v) is 7.36. The Morgan fingerprint density at radius 2 is 1.63 bits per heavy atom. The first-order valence-electron chi connectivity index (χ1n) is 9.73. The van der Waals surface area contributed by atoms with Gasteiger partial charge in [-0.3, -0.25) is 24.0 Å². The molecular weight excluding hydrogens is 394 g/mol. The lowest BCUT2D eigenvalue weighted by atomic mass is 9.90. The van der Waals surface area contributed by atoms with Crippen molar-refractivity contribution < 1.29 is 34.2 Å². The molecule has 2 heterocycles. The molecule has 0 bridgehead atoms. The van der Waals surface area contributed by atoms with Crippen molar-refractivity contribution >= 4 is 29.7 Å². The Labute approximate surface area is 172 Å². The van der Waals surface area contributed by atoms with Gasteiger partial charge in [-0.15, -0.1) is 0 Å². The summed E-state index contributed by atoms with van der Waals surface area (Å²) in [7, 11) is 0. The van der Waals surface area contributed by atoms with E-state index < -0.39 is 42.4 Å². The van der Waals surface area contributed by atoms with Gasteiger partial charge >= 0.3 is 11.9 Å². The smallest absolute Gasteiger partial charge is 0.323 e. The molecular formula is C20H23N3O7. The van der Waals surface area contributed by atoms with E-state index in [2.05, 4.69) is 5.32 Å². The van der Waals surface area contributed by atoms with Crippen LogP contribution in [-0.2, 0) is 14.4 Å². The van der Waals surface area contributed by atoms with Crippen LogP contribution in [0.25, 0.3) is 0 Å². The Hall–Kier alpha value is -3.43. The number of benzene rings is 1. The molecule has 0 aromatic heterocycles. The molecule has 3 N–H and O–H groups in total. The molecule has 2 aliphatic heterocycles. The summed E-state index contributed by atoms with van der Waals surface area (Å²) in [6.07, 6.45) is 1.54. The van der Waals surface area contributed by atoms with Crippen LogP contribution in [0.5, 0.6) is 0 Å². The molecule has 2 saturated heterocycles. The van der Waals surface area contributed by atoms with E-state index in [0.29, 0.717) is 13.1 Å². The predicted molar refractivity (Wildman–Crippen MR) is 103 cm³/mol. The Balaban J connectivity index is 1.76. The molecule has 10 heteroatoms. The number of nitrogens with zero attached hydrogens (tertiary/aromatic N) is 2. The molecule has 2 aliphatic rings. The zero-order valence-electron chi connectivity index (χ0n) is 16.2.